The van der Waals surface area contributed by atoms with E-state index in [9.17, 15) is 0 Å². The predicted octanol–water partition coefficient (Wildman–Crippen LogP) is 12.6. The first-order valence-corrected chi connectivity index (χ1v) is 21.2. The molecule has 4 unspecified atom stereocenters. The fourth-order valence-corrected chi connectivity index (χ4v) is 10.4. The van der Waals surface area contributed by atoms with Gasteiger partial charge in [0.1, 0.15) is 0 Å². The van der Waals surface area contributed by atoms with Crippen molar-refractivity contribution >= 4 is 12.1 Å². The molecule has 0 radical (unpaired) electrons. The largest absolute Gasteiger partial charge is 0.262 e. The number of allylic oxidation sites excluding steroid dienone is 3. The maximum absolute atomic E-state index is 5.22. The Labute approximate surface area is 349 Å². The summed E-state index contributed by atoms with van der Waals surface area (Å²) in [6, 6.07) is 42.7. The molecule has 0 fully saturated rings. The molecule has 0 saturated heterocycles. The topological polar surface area (TPSA) is 50.5 Å². The Balaban J connectivity index is 1.06. The molecule has 1 spiro atoms. The molecule has 0 amide bonds. The highest BCUT2D eigenvalue weighted by Crippen LogP contribution is 2.67. The summed E-state index contributed by atoms with van der Waals surface area (Å²) in [5.41, 5.74) is 15.8. The molecule has 1 aromatic heterocycles. The minimum Gasteiger partial charge on any atom is -0.262 e. The first kappa shape index (κ1) is 37.3. The second kappa shape index (κ2) is 13.3. The minimum absolute atomic E-state index is 0.0407. The highest BCUT2D eigenvalue weighted by Gasteiger charge is 2.62. The van der Waals surface area contributed by atoms with Gasteiger partial charge in [-0.25, -0.2) is 15.0 Å². The number of aromatic nitrogens is 2. The Bertz CT molecular complexity index is 2710. The van der Waals surface area contributed by atoms with Crippen LogP contribution in [-0.4, -0.2) is 28.1 Å². The SMILES string of the molecule is CC1N=C(c2ccc(C(C)(C)C)cc2)N=CC1C1=CC2C(C)(C=C1)c1ccc(-c3cnc(-c4ccc(C(C)(C)C)cc4)nc3)cc1C21c2ccccc2-c2ccccc21. The van der Waals surface area contributed by atoms with Gasteiger partial charge < -0.3 is 0 Å². The lowest BCUT2D eigenvalue weighted by molar-refractivity contribution is 0.366. The number of hydrogen-bond acceptors (Lipinski definition) is 4. The lowest BCUT2D eigenvalue weighted by Crippen LogP contribution is -2.40. The van der Waals surface area contributed by atoms with Crippen molar-refractivity contribution in [3.8, 4) is 33.6 Å². The predicted molar refractivity (Wildman–Crippen MR) is 245 cm³/mol. The van der Waals surface area contributed by atoms with Crippen LogP contribution in [0.5, 0.6) is 0 Å². The quantitative estimate of drug-likeness (QED) is 0.179. The Morgan fingerprint density at radius 3 is 1.71 bits per heavy atom. The summed E-state index contributed by atoms with van der Waals surface area (Å²) in [6.07, 6.45) is 13.6. The van der Waals surface area contributed by atoms with Crippen molar-refractivity contribution in [1.29, 1.82) is 0 Å². The lowest BCUT2D eigenvalue weighted by Gasteiger charge is -2.42. The van der Waals surface area contributed by atoms with Crippen LogP contribution in [0, 0.1) is 11.8 Å². The number of nitrogens with zero attached hydrogens (tertiary/aromatic N) is 4. The molecule has 6 aromatic rings. The van der Waals surface area contributed by atoms with Crippen molar-refractivity contribution in [3.05, 3.63) is 190 Å². The molecule has 3 aliphatic carbocycles. The number of rotatable bonds is 4. The number of fused-ring (bicyclic) bond motifs is 10. The first-order chi connectivity index (χ1) is 28.3. The van der Waals surface area contributed by atoms with E-state index in [1.165, 1.54) is 50.1 Å². The van der Waals surface area contributed by atoms with Gasteiger partial charge in [-0.1, -0.05) is 176 Å². The molecule has 2 heterocycles. The third-order valence-corrected chi connectivity index (χ3v) is 13.7. The van der Waals surface area contributed by atoms with Crippen molar-refractivity contribution in [2.24, 2.45) is 21.8 Å². The van der Waals surface area contributed by atoms with Gasteiger partial charge in [0.25, 0.3) is 0 Å². The summed E-state index contributed by atoms with van der Waals surface area (Å²) in [5, 5.41) is 0. The second-order valence-corrected chi connectivity index (χ2v) is 19.4. The molecule has 0 bridgehead atoms. The third-order valence-electron chi connectivity index (χ3n) is 13.7. The fourth-order valence-electron chi connectivity index (χ4n) is 10.4. The highest BCUT2D eigenvalue weighted by atomic mass is 15.0. The summed E-state index contributed by atoms with van der Waals surface area (Å²) in [6.45, 7) is 18.1. The maximum Gasteiger partial charge on any atom is 0.159 e. The van der Waals surface area contributed by atoms with Crippen LogP contribution >= 0.6 is 0 Å². The molecular weight excluding hydrogens is 717 g/mol. The van der Waals surface area contributed by atoms with Gasteiger partial charge in [0.05, 0.1) is 11.5 Å². The van der Waals surface area contributed by atoms with Gasteiger partial charge in [0.2, 0.25) is 0 Å². The lowest BCUT2D eigenvalue weighted by atomic mass is 9.60. The molecule has 4 nitrogen and oxygen atoms in total. The van der Waals surface area contributed by atoms with Crippen molar-refractivity contribution in [1.82, 2.24) is 9.97 Å². The van der Waals surface area contributed by atoms with Crippen LogP contribution in [0.1, 0.15) is 94.3 Å². The molecule has 292 valence electrons. The first-order valence-electron chi connectivity index (χ1n) is 21.2. The Hall–Kier alpha value is -6.00. The van der Waals surface area contributed by atoms with Crippen LogP contribution in [0.2, 0.25) is 0 Å². The standard InChI is InChI=1S/C55H52N4/c1-34-44(33-58-51(59-34)36-19-24-41(25-20-36)53(5,6)7)38-27-28-54(8)47-26-21-37(39-31-56-50(57-32-39)35-17-22-40(23-18-35)52(2,3)4)29-48(47)55(49(54)30-38)45-15-11-9-13-42(45)43-14-10-12-16-46(43)55/h9-34,44,49H,1-8H3. The van der Waals surface area contributed by atoms with Gasteiger partial charge in [0.15, 0.2) is 11.7 Å². The van der Waals surface area contributed by atoms with Gasteiger partial charge in [0, 0.05) is 52.5 Å². The number of benzene rings is 5. The van der Waals surface area contributed by atoms with E-state index in [0.29, 0.717) is 0 Å². The smallest absolute Gasteiger partial charge is 0.159 e. The summed E-state index contributed by atoms with van der Waals surface area (Å²) >= 11 is 0. The molecular formula is C55H52N4. The molecule has 1 aliphatic heterocycles. The molecule has 59 heavy (non-hydrogen) atoms. The molecule has 0 saturated carbocycles. The maximum atomic E-state index is 5.22. The van der Waals surface area contributed by atoms with Gasteiger partial charge >= 0.3 is 0 Å². The Kier molecular flexibility index (Phi) is 8.38. The van der Waals surface area contributed by atoms with E-state index >= 15 is 0 Å². The van der Waals surface area contributed by atoms with Crippen molar-refractivity contribution in [3.63, 3.8) is 0 Å². The Morgan fingerprint density at radius 1 is 0.576 bits per heavy atom. The normalized spacial score (nSPS) is 22.3. The average Bonchev–Trinajstić information content (AvgIpc) is 3.66. The van der Waals surface area contributed by atoms with E-state index in [1.807, 2.05) is 12.4 Å². The van der Waals surface area contributed by atoms with Gasteiger partial charge in [-0.3, -0.25) is 4.99 Å². The van der Waals surface area contributed by atoms with Crippen LogP contribution in [0.4, 0.5) is 0 Å². The number of amidine groups is 1. The van der Waals surface area contributed by atoms with Crippen molar-refractivity contribution in [2.75, 3.05) is 0 Å². The van der Waals surface area contributed by atoms with E-state index in [2.05, 4.69) is 195 Å². The third kappa shape index (κ3) is 5.78. The molecule has 4 aliphatic rings. The molecule has 0 N–H and O–H groups in total. The minimum atomic E-state index is -0.406. The zero-order valence-electron chi connectivity index (χ0n) is 35.5. The van der Waals surface area contributed by atoms with E-state index in [4.69, 9.17) is 20.0 Å². The zero-order valence-corrected chi connectivity index (χ0v) is 35.5. The Morgan fingerprint density at radius 2 is 1.14 bits per heavy atom. The van der Waals surface area contributed by atoms with Crippen LogP contribution < -0.4 is 0 Å². The van der Waals surface area contributed by atoms with Gasteiger partial charge in [-0.05, 0) is 79.5 Å². The van der Waals surface area contributed by atoms with Crippen LogP contribution in [-0.2, 0) is 21.7 Å². The zero-order chi connectivity index (χ0) is 40.9. The van der Waals surface area contributed by atoms with E-state index in [-0.39, 0.29) is 34.1 Å². The summed E-state index contributed by atoms with van der Waals surface area (Å²) < 4.78 is 0. The van der Waals surface area contributed by atoms with E-state index in [0.717, 1.165) is 33.9 Å². The van der Waals surface area contributed by atoms with Crippen LogP contribution in [0.25, 0.3) is 33.6 Å². The van der Waals surface area contributed by atoms with E-state index in [1.54, 1.807) is 0 Å². The number of aliphatic imine (C=N–C) groups is 2. The van der Waals surface area contributed by atoms with Gasteiger partial charge in [-0.15, -0.1) is 0 Å². The molecule has 4 atom stereocenters. The number of hydrogen-bond donors (Lipinski definition) is 0. The summed E-state index contributed by atoms with van der Waals surface area (Å²) in [5.74, 6) is 1.74. The van der Waals surface area contributed by atoms with Crippen LogP contribution in [0.15, 0.2) is 161 Å². The second-order valence-electron chi connectivity index (χ2n) is 19.4. The van der Waals surface area contributed by atoms with Crippen molar-refractivity contribution in [2.45, 2.75) is 83.1 Å². The average molecular weight is 769 g/mol. The summed E-state index contributed by atoms with van der Waals surface area (Å²) in [7, 11) is 0. The molecule has 5 aromatic carbocycles. The highest BCUT2D eigenvalue weighted by molar-refractivity contribution is 6.05. The van der Waals surface area contributed by atoms with Gasteiger partial charge in [-0.2, -0.15) is 0 Å². The van der Waals surface area contributed by atoms with Crippen LogP contribution in [0.3, 0.4) is 0 Å². The summed E-state index contributed by atoms with van der Waals surface area (Å²) in [4.78, 5) is 20.1. The molecule has 4 heteroatoms. The van der Waals surface area contributed by atoms with E-state index < -0.39 is 5.41 Å². The monoisotopic (exact) mass is 768 g/mol. The fraction of sp³-hybridized carbons (Fsp3) is 0.273. The molecule has 10 rings (SSSR count). The van der Waals surface area contributed by atoms with Crippen molar-refractivity contribution < 1.29 is 0 Å².